The number of carboxylic acids is 1. The zero-order chi connectivity index (χ0) is 16.3. The van der Waals surface area contributed by atoms with Gasteiger partial charge in [-0.2, -0.15) is 0 Å². The summed E-state index contributed by atoms with van der Waals surface area (Å²) in [5.74, 6) is -1.18. The van der Waals surface area contributed by atoms with Crippen molar-refractivity contribution in [1.29, 1.82) is 0 Å². The lowest BCUT2D eigenvalue weighted by atomic mass is 10.0. The van der Waals surface area contributed by atoms with E-state index in [2.05, 4.69) is 38.8 Å². The van der Waals surface area contributed by atoms with Crippen LogP contribution in [0.3, 0.4) is 0 Å². The van der Waals surface area contributed by atoms with Gasteiger partial charge in [0.15, 0.2) is 8.32 Å². The molecule has 0 aromatic carbocycles. The SMILES string of the molecule is Cc1csc(CC(CCO[Si](C)(C)C(C)(C)C)C(=O)O)n1. The van der Waals surface area contributed by atoms with E-state index in [1.165, 1.54) is 11.3 Å². The monoisotopic (exact) mass is 329 g/mol. The molecule has 1 aromatic rings. The quantitative estimate of drug-likeness (QED) is 0.765. The molecule has 1 N–H and O–H groups in total. The van der Waals surface area contributed by atoms with Gasteiger partial charge in [-0.3, -0.25) is 4.79 Å². The third-order valence-corrected chi connectivity index (χ3v) is 9.70. The Bertz CT molecular complexity index is 480. The Morgan fingerprint density at radius 3 is 2.52 bits per heavy atom. The van der Waals surface area contributed by atoms with Crippen LogP contribution in [0.1, 0.15) is 37.9 Å². The van der Waals surface area contributed by atoms with E-state index in [1.54, 1.807) is 0 Å². The maximum absolute atomic E-state index is 11.4. The summed E-state index contributed by atoms with van der Waals surface area (Å²) in [6, 6.07) is 0. The zero-order valence-electron chi connectivity index (χ0n) is 13.9. The van der Waals surface area contributed by atoms with Crippen LogP contribution in [0.15, 0.2) is 5.38 Å². The Balaban J connectivity index is 2.55. The van der Waals surface area contributed by atoms with Crippen molar-refractivity contribution in [2.45, 2.75) is 58.7 Å². The summed E-state index contributed by atoms with van der Waals surface area (Å²) in [5, 5.41) is 12.4. The number of rotatable bonds is 7. The second-order valence-electron chi connectivity index (χ2n) is 7.02. The van der Waals surface area contributed by atoms with E-state index in [4.69, 9.17) is 4.43 Å². The molecular formula is C15H27NO3SSi. The van der Waals surface area contributed by atoms with E-state index in [1.807, 2.05) is 12.3 Å². The van der Waals surface area contributed by atoms with Crippen LogP contribution in [-0.2, 0) is 15.6 Å². The maximum Gasteiger partial charge on any atom is 0.307 e. The van der Waals surface area contributed by atoms with Gasteiger partial charge in [-0.05, 0) is 31.5 Å². The first kappa shape index (κ1) is 18.3. The van der Waals surface area contributed by atoms with Crippen molar-refractivity contribution in [2.24, 2.45) is 5.92 Å². The van der Waals surface area contributed by atoms with E-state index < -0.39 is 20.2 Å². The fourth-order valence-corrected chi connectivity index (χ4v) is 3.61. The molecule has 6 heteroatoms. The summed E-state index contributed by atoms with van der Waals surface area (Å²) >= 11 is 1.53. The third kappa shape index (κ3) is 5.52. The maximum atomic E-state index is 11.4. The molecule has 0 radical (unpaired) electrons. The minimum atomic E-state index is -1.80. The highest BCUT2D eigenvalue weighted by atomic mass is 32.1. The highest BCUT2D eigenvalue weighted by molar-refractivity contribution is 7.09. The van der Waals surface area contributed by atoms with Gasteiger partial charge < -0.3 is 9.53 Å². The van der Waals surface area contributed by atoms with Crippen LogP contribution in [0.5, 0.6) is 0 Å². The van der Waals surface area contributed by atoms with E-state index >= 15 is 0 Å². The van der Waals surface area contributed by atoms with Crippen LogP contribution < -0.4 is 0 Å². The fraction of sp³-hybridized carbons (Fsp3) is 0.733. The predicted molar refractivity (Wildman–Crippen MR) is 89.4 cm³/mol. The Labute approximate surface area is 132 Å². The largest absolute Gasteiger partial charge is 0.481 e. The number of hydrogen-bond acceptors (Lipinski definition) is 4. The minimum absolute atomic E-state index is 0.151. The lowest BCUT2D eigenvalue weighted by molar-refractivity contribution is -0.142. The number of carbonyl (C=O) groups is 1. The summed E-state index contributed by atoms with van der Waals surface area (Å²) in [6.07, 6.45) is 1.04. The van der Waals surface area contributed by atoms with Crippen LogP contribution in [0.2, 0.25) is 18.1 Å². The van der Waals surface area contributed by atoms with Crippen LogP contribution >= 0.6 is 11.3 Å². The van der Waals surface area contributed by atoms with Gasteiger partial charge in [-0.1, -0.05) is 20.8 Å². The number of nitrogens with zero attached hydrogens (tertiary/aromatic N) is 1. The number of carboxylic acid groups (broad SMARTS) is 1. The van der Waals surface area contributed by atoms with Gasteiger partial charge in [0, 0.05) is 24.1 Å². The second-order valence-corrected chi connectivity index (χ2v) is 12.8. The predicted octanol–water partition coefficient (Wildman–Crippen LogP) is 4.11. The summed E-state index contributed by atoms with van der Waals surface area (Å²) < 4.78 is 6.08. The molecule has 0 aliphatic carbocycles. The van der Waals surface area contributed by atoms with Crippen molar-refractivity contribution in [3.05, 3.63) is 16.1 Å². The molecule has 0 amide bonds. The molecule has 0 bridgehead atoms. The Kier molecular flexibility index (Phi) is 6.13. The van der Waals surface area contributed by atoms with E-state index in [9.17, 15) is 9.90 Å². The molecule has 0 aliphatic heterocycles. The fourth-order valence-electron chi connectivity index (χ4n) is 1.69. The first-order valence-corrected chi connectivity index (χ1v) is 11.1. The summed E-state index contributed by atoms with van der Waals surface area (Å²) in [4.78, 5) is 15.7. The number of aromatic nitrogens is 1. The molecule has 4 nitrogen and oxygen atoms in total. The van der Waals surface area contributed by atoms with Crippen molar-refractivity contribution in [3.8, 4) is 0 Å². The summed E-state index contributed by atoms with van der Waals surface area (Å²) in [7, 11) is -1.80. The van der Waals surface area contributed by atoms with Crippen molar-refractivity contribution in [1.82, 2.24) is 4.98 Å². The second kappa shape index (κ2) is 7.02. The lowest BCUT2D eigenvalue weighted by Gasteiger charge is -2.36. The van der Waals surface area contributed by atoms with E-state index in [0.717, 1.165) is 10.7 Å². The highest BCUT2D eigenvalue weighted by Crippen LogP contribution is 2.36. The van der Waals surface area contributed by atoms with Gasteiger partial charge >= 0.3 is 5.97 Å². The number of aryl methyl sites for hydroxylation is 1. The average Bonchev–Trinajstić information content (AvgIpc) is 2.71. The molecule has 120 valence electrons. The molecule has 0 saturated carbocycles. The Hall–Kier alpha value is -0.723. The smallest absolute Gasteiger partial charge is 0.307 e. The molecule has 0 spiro atoms. The normalized spacial score (nSPS) is 14.2. The van der Waals surface area contributed by atoms with Crippen molar-refractivity contribution in [3.63, 3.8) is 0 Å². The number of aliphatic carboxylic acids is 1. The van der Waals surface area contributed by atoms with Crippen LogP contribution in [0.25, 0.3) is 0 Å². The van der Waals surface area contributed by atoms with Gasteiger partial charge in [0.05, 0.1) is 10.9 Å². The van der Waals surface area contributed by atoms with Crippen molar-refractivity contribution < 1.29 is 14.3 Å². The lowest BCUT2D eigenvalue weighted by Crippen LogP contribution is -2.41. The van der Waals surface area contributed by atoms with Crippen molar-refractivity contribution >= 4 is 25.6 Å². The van der Waals surface area contributed by atoms with Crippen LogP contribution in [0.4, 0.5) is 0 Å². The van der Waals surface area contributed by atoms with Gasteiger partial charge in [0.2, 0.25) is 0 Å². The van der Waals surface area contributed by atoms with Crippen molar-refractivity contribution in [2.75, 3.05) is 6.61 Å². The summed E-state index contributed by atoms with van der Waals surface area (Å²) in [6.45, 7) is 13.4. The van der Waals surface area contributed by atoms with Gasteiger partial charge in [0.25, 0.3) is 0 Å². The number of hydrogen-bond donors (Lipinski definition) is 1. The van der Waals surface area contributed by atoms with E-state index in [0.29, 0.717) is 19.4 Å². The third-order valence-electron chi connectivity index (χ3n) is 4.17. The van der Waals surface area contributed by atoms with Gasteiger partial charge in [-0.25, -0.2) is 4.98 Å². The standard InChI is InChI=1S/C15H27NO3SSi/c1-11-10-20-13(16-11)9-12(14(17)18)7-8-19-21(5,6)15(2,3)4/h10,12H,7-9H2,1-6H3,(H,17,18). The van der Waals surface area contributed by atoms with E-state index in [-0.39, 0.29) is 5.04 Å². The first-order valence-electron chi connectivity index (χ1n) is 7.30. The molecule has 1 heterocycles. The summed E-state index contributed by atoms with van der Waals surface area (Å²) in [5.41, 5.74) is 0.955. The molecular weight excluding hydrogens is 302 g/mol. The highest BCUT2D eigenvalue weighted by Gasteiger charge is 2.37. The Morgan fingerprint density at radius 1 is 1.48 bits per heavy atom. The molecule has 1 unspecified atom stereocenters. The molecule has 1 atom stereocenters. The zero-order valence-corrected chi connectivity index (χ0v) is 15.7. The molecule has 0 saturated heterocycles. The van der Waals surface area contributed by atoms with Crippen LogP contribution in [-0.4, -0.2) is 31.0 Å². The molecule has 1 aromatic heterocycles. The number of thiazole rings is 1. The molecule has 0 fully saturated rings. The minimum Gasteiger partial charge on any atom is -0.481 e. The molecule has 21 heavy (non-hydrogen) atoms. The van der Waals surface area contributed by atoms with Crippen LogP contribution in [0, 0.1) is 12.8 Å². The molecule has 0 aliphatic rings. The average molecular weight is 330 g/mol. The van der Waals surface area contributed by atoms with Gasteiger partial charge in [-0.15, -0.1) is 11.3 Å². The Morgan fingerprint density at radius 2 is 2.10 bits per heavy atom. The topological polar surface area (TPSA) is 59.4 Å². The molecule has 1 rings (SSSR count). The first-order chi connectivity index (χ1) is 9.53. The van der Waals surface area contributed by atoms with Gasteiger partial charge in [0.1, 0.15) is 0 Å².